The number of benzene rings is 1. The van der Waals surface area contributed by atoms with Gasteiger partial charge in [-0.15, -0.1) is 0 Å². The van der Waals surface area contributed by atoms with Crippen LogP contribution in [0, 0.1) is 4.77 Å². The summed E-state index contributed by atoms with van der Waals surface area (Å²) >= 11 is 5.44. The third-order valence-electron chi connectivity index (χ3n) is 4.48. The standard InChI is InChI=1S/C20H28N4O3S/c1-20(2,3)27-19(25)21-16(12-14-8-5-4-6-9-14)17-22-23-18(28)24(17)13-15-10-7-11-26-15/h4-6,8-9,15-16H,7,10-13H2,1-3H3,(H,21,25)(H,23,28). The first-order valence-electron chi connectivity index (χ1n) is 9.62. The van der Waals surface area contributed by atoms with Crippen LogP contribution < -0.4 is 5.32 Å². The first-order chi connectivity index (χ1) is 13.3. The average Bonchev–Trinajstić information content (AvgIpc) is 3.25. The molecule has 2 N–H and O–H groups in total. The van der Waals surface area contributed by atoms with E-state index in [4.69, 9.17) is 21.7 Å². The normalized spacial score (nSPS) is 18.0. The van der Waals surface area contributed by atoms with Crippen molar-refractivity contribution in [1.29, 1.82) is 0 Å². The number of nitrogens with one attached hydrogen (secondary N) is 2. The molecule has 1 aromatic heterocycles. The largest absolute Gasteiger partial charge is 0.444 e. The maximum Gasteiger partial charge on any atom is 0.408 e. The van der Waals surface area contributed by atoms with Crippen molar-refractivity contribution in [1.82, 2.24) is 20.1 Å². The molecule has 8 heteroatoms. The first-order valence-corrected chi connectivity index (χ1v) is 10.0. The van der Waals surface area contributed by atoms with Gasteiger partial charge >= 0.3 is 6.09 Å². The van der Waals surface area contributed by atoms with Crippen molar-refractivity contribution in [2.75, 3.05) is 6.61 Å². The van der Waals surface area contributed by atoms with Gasteiger partial charge in [0.1, 0.15) is 5.60 Å². The molecule has 2 aromatic rings. The van der Waals surface area contributed by atoms with Crippen LogP contribution in [0.3, 0.4) is 0 Å². The maximum atomic E-state index is 12.5. The van der Waals surface area contributed by atoms with Gasteiger partial charge in [0.05, 0.1) is 18.7 Å². The van der Waals surface area contributed by atoms with Crippen molar-refractivity contribution in [3.05, 3.63) is 46.5 Å². The van der Waals surface area contributed by atoms with E-state index < -0.39 is 11.7 Å². The molecule has 1 aliphatic heterocycles. The molecule has 7 nitrogen and oxygen atoms in total. The Morgan fingerprint density at radius 1 is 1.43 bits per heavy atom. The Hall–Kier alpha value is -2.19. The van der Waals surface area contributed by atoms with Gasteiger partial charge in [0.15, 0.2) is 10.6 Å². The summed E-state index contributed by atoms with van der Waals surface area (Å²) in [6, 6.07) is 9.58. The van der Waals surface area contributed by atoms with Crippen molar-refractivity contribution in [2.45, 2.75) is 64.3 Å². The summed E-state index contributed by atoms with van der Waals surface area (Å²) in [5.41, 5.74) is 0.505. The van der Waals surface area contributed by atoms with Crippen LogP contribution in [0.4, 0.5) is 4.79 Å². The molecule has 3 rings (SSSR count). The van der Waals surface area contributed by atoms with Crippen LogP contribution in [0.15, 0.2) is 30.3 Å². The van der Waals surface area contributed by atoms with Crippen molar-refractivity contribution in [3.63, 3.8) is 0 Å². The molecule has 0 radical (unpaired) electrons. The summed E-state index contributed by atoms with van der Waals surface area (Å²) in [5.74, 6) is 0.676. The average molecular weight is 405 g/mol. The van der Waals surface area contributed by atoms with Gasteiger partial charge in [-0.1, -0.05) is 30.3 Å². The Morgan fingerprint density at radius 3 is 2.82 bits per heavy atom. The van der Waals surface area contributed by atoms with Gasteiger partial charge in [-0.25, -0.2) is 4.79 Å². The van der Waals surface area contributed by atoms with Crippen LogP contribution in [0.25, 0.3) is 0 Å². The van der Waals surface area contributed by atoms with E-state index in [1.807, 2.05) is 55.7 Å². The highest BCUT2D eigenvalue weighted by atomic mass is 32.1. The van der Waals surface area contributed by atoms with E-state index in [1.165, 1.54) is 0 Å². The maximum absolute atomic E-state index is 12.5. The third-order valence-corrected chi connectivity index (χ3v) is 4.79. The topological polar surface area (TPSA) is 81.2 Å². The molecule has 28 heavy (non-hydrogen) atoms. The second kappa shape index (κ2) is 8.87. The Balaban J connectivity index is 1.85. The number of aromatic nitrogens is 3. The summed E-state index contributed by atoms with van der Waals surface area (Å²) < 4.78 is 13.7. The number of nitrogens with zero attached hydrogens (tertiary/aromatic N) is 2. The molecular weight excluding hydrogens is 376 g/mol. The monoisotopic (exact) mass is 404 g/mol. The lowest BCUT2D eigenvalue weighted by Gasteiger charge is -2.24. The molecule has 0 saturated carbocycles. The smallest absolute Gasteiger partial charge is 0.408 e. The number of hydrogen-bond donors (Lipinski definition) is 2. The second-order valence-electron chi connectivity index (χ2n) is 8.02. The molecule has 1 saturated heterocycles. The number of alkyl carbamates (subject to hydrolysis) is 1. The highest BCUT2D eigenvalue weighted by Gasteiger charge is 2.26. The van der Waals surface area contributed by atoms with E-state index in [-0.39, 0.29) is 12.1 Å². The van der Waals surface area contributed by atoms with Gasteiger partial charge in [0.25, 0.3) is 0 Å². The fourth-order valence-electron chi connectivity index (χ4n) is 3.27. The number of carbonyl (C=O) groups is 1. The molecule has 0 spiro atoms. The van der Waals surface area contributed by atoms with Gasteiger partial charge in [-0.3, -0.25) is 9.67 Å². The van der Waals surface area contributed by atoms with Crippen molar-refractivity contribution in [3.8, 4) is 0 Å². The van der Waals surface area contributed by atoms with Gasteiger partial charge in [0, 0.05) is 13.0 Å². The SMILES string of the molecule is CC(C)(C)OC(=O)NC(Cc1ccccc1)c1n[nH]c(=S)n1CC1CCCO1. The number of amides is 1. The van der Waals surface area contributed by atoms with Crippen molar-refractivity contribution < 1.29 is 14.3 Å². The van der Waals surface area contributed by atoms with Gasteiger partial charge < -0.3 is 14.8 Å². The fraction of sp³-hybridized carbons (Fsp3) is 0.550. The van der Waals surface area contributed by atoms with E-state index in [2.05, 4.69) is 15.5 Å². The van der Waals surface area contributed by atoms with E-state index >= 15 is 0 Å². The molecule has 0 aliphatic carbocycles. The lowest BCUT2D eigenvalue weighted by molar-refractivity contribution is 0.0498. The predicted molar refractivity (Wildman–Crippen MR) is 109 cm³/mol. The molecule has 1 aliphatic rings. The van der Waals surface area contributed by atoms with Gasteiger partial charge in [0.2, 0.25) is 0 Å². The van der Waals surface area contributed by atoms with Crippen LogP contribution >= 0.6 is 12.2 Å². The molecule has 2 heterocycles. The molecule has 1 fully saturated rings. The van der Waals surface area contributed by atoms with E-state index in [9.17, 15) is 4.79 Å². The van der Waals surface area contributed by atoms with E-state index in [1.54, 1.807) is 0 Å². The second-order valence-corrected chi connectivity index (χ2v) is 8.41. The molecule has 152 valence electrons. The number of aromatic amines is 1. The molecule has 2 atom stereocenters. The zero-order chi connectivity index (χ0) is 20.1. The summed E-state index contributed by atoms with van der Waals surface area (Å²) in [4.78, 5) is 12.5. The summed E-state index contributed by atoms with van der Waals surface area (Å²) in [6.45, 7) is 6.91. The fourth-order valence-corrected chi connectivity index (χ4v) is 3.48. The Morgan fingerprint density at radius 2 is 2.18 bits per heavy atom. The summed E-state index contributed by atoms with van der Waals surface area (Å²) in [7, 11) is 0. The summed E-state index contributed by atoms with van der Waals surface area (Å²) in [6.07, 6.45) is 2.25. The zero-order valence-electron chi connectivity index (χ0n) is 16.6. The third kappa shape index (κ3) is 5.65. The lowest BCUT2D eigenvalue weighted by atomic mass is 10.1. The van der Waals surface area contributed by atoms with Gasteiger partial charge in [-0.05, 0) is 51.4 Å². The van der Waals surface area contributed by atoms with Gasteiger partial charge in [-0.2, -0.15) is 5.10 Å². The Bertz CT molecular complexity index is 835. The van der Waals surface area contributed by atoms with E-state index in [0.29, 0.717) is 23.6 Å². The molecular formula is C20H28N4O3S. The van der Waals surface area contributed by atoms with Crippen LogP contribution in [0.2, 0.25) is 0 Å². The zero-order valence-corrected chi connectivity index (χ0v) is 17.4. The Kier molecular flexibility index (Phi) is 6.51. The number of ether oxygens (including phenoxy) is 2. The van der Waals surface area contributed by atoms with Crippen molar-refractivity contribution in [2.24, 2.45) is 0 Å². The predicted octanol–water partition coefficient (Wildman–Crippen LogP) is 3.93. The number of H-pyrrole nitrogens is 1. The molecule has 1 amide bonds. The number of hydrogen-bond acceptors (Lipinski definition) is 5. The van der Waals surface area contributed by atoms with Crippen LogP contribution in [-0.4, -0.2) is 39.2 Å². The van der Waals surface area contributed by atoms with Crippen LogP contribution in [0.5, 0.6) is 0 Å². The highest BCUT2D eigenvalue weighted by molar-refractivity contribution is 7.71. The molecule has 1 aromatic carbocycles. The number of carbonyl (C=O) groups excluding carboxylic acids is 1. The minimum absolute atomic E-state index is 0.113. The minimum atomic E-state index is -0.580. The summed E-state index contributed by atoms with van der Waals surface area (Å²) in [5, 5.41) is 10.3. The minimum Gasteiger partial charge on any atom is -0.444 e. The van der Waals surface area contributed by atoms with Crippen molar-refractivity contribution >= 4 is 18.3 Å². The van der Waals surface area contributed by atoms with E-state index in [0.717, 1.165) is 25.0 Å². The quantitative estimate of drug-likeness (QED) is 0.713. The molecule has 2 unspecified atom stereocenters. The lowest BCUT2D eigenvalue weighted by Crippen LogP contribution is -2.37. The highest BCUT2D eigenvalue weighted by Crippen LogP contribution is 2.21. The number of rotatable bonds is 6. The Labute approximate surface area is 170 Å². The molecule has 0 bridgehead atoms. The van der Waals surface area contributed by atoms with Crippen LogP contribution in [-0.2, 0) is 22.4 Å². The van der Waals surface area contributed by atoms with Crippen LogP contribution in [0.1, 0.15) is 51.0 Å². The first kappa shape index (κ1) is 20.5.